The molecule has 2 unspecified atom stereocenters. The van der Waals surface area contributed by atoms with Gasteiger partial charge in [0.15, 0.2) is 5.78 Å². The summed E-state index contributed by atoms with van der Waals surface area (Å²) in [7, 11) is 3.30. The summed E-state index contributed by atoms with van der Waals surface area (Å²) in [6.45, 7) is 4.51. The van der Waals surface area contributed by atoms with Crippen molar-refractivity contribution in [3.8, 4) is 11.5 Å². The van der Waals surface area contributed by atoms with Crippen molar-refractivity contribution in [2.24, 2.45) is 11.8 Å². The quantitative estimate of drug-likeness (QED) is 0.541. The van der Waals surface area contributed by atoms with Crippen molar-refractivity contribution < 1.29 is 14.3 Å². The Labute approximate surface area is 200 Å². The molecule has 1 saturated heterocycles. The molecule has 34 heavy (non-hydrogen) atoms. The van der Waals surface area contributed by atoms with Crippen LogP contribution in [0.25, 0.3) is 17.0 Å². The molecule has 0 spiro atoms. The van der Waals surface area contributed by atoms with Gasteiger partial charge in [-0.1, -0.05) is 18.2 Å². The lowest BCUT2D eigenvalue weighted by Crippen LogP contribution is -2.57. The number of H-pyrrole nitrogens is 1. The molecule has 6 rings (SSSR count). The molecule has 2 fully saturated rings. The minimum absolute atomic E-state index is 0.0323. The van der Waals surface area contributed by atoms with Crippen LogP contribution in [0.5, 0.6) is 11.5 Å². The molecule has 3 aromatic rings. The number of allylic oxidation sites excluding steroid dienone is 1. The number of para-hydroxylation sites is 1. The number of piperidine rings is 1. The minimum Gasteiger partial charge on any atom is -0.497 e. The van der Waals surface area contributed by atoms with Gasteiger partial charge in [-0.25, -0.2) is 0 Å². The zero-order valence-electron chi connectivity index (χ0n) is 20.2. The van der Waals surface area contributed by atoms with Gasteiger partial charge < -0.3 is 14.5 Å². The van der Waals surface area contributed by atoms with Crippen molar-refractivity contribution >= 4 is 22.8 Å². The first-order valence-corrected chi connectivity index (χ1v) is 12.3. The Bertz CT molecular complexity index is 1280. The molecule has 3 atom stereocenters. The maximum Gasteiger partial charge on any atom is 0.159 e. The van der Waals surface area contributed by atoms with E-state index in [9.17, 15) is 4.79 Å². The summed E-state index contributed by atoms with van der Waals surface area (Å²) in [5.74, 6) is 2.69. The van der Waals surface area contributed by atoms with Gasteiger partial charge in [-0.15, -0.1) is 0 Å². The summed E-state index contributed by atoms with van der Waals surface area (Å²) in [6, 6.07) is 14.5. The Kier molecular flexibility index (Phi) is 5.07. The van der Waals surface area contributed by atoms with E-state index >= 15 is 0 Å². The molecule has 1 aromatic heterocycles. The van der Waals surface area contributed by atoms with Gasteiger partial charge in [0.25, 0.3) is 0 Å². The summed E-state index contributed by atoms with van der Waals surface area (Å²) in [5.41, 5.74) is 5.94. The lowest BCUT2D eigenvalue weighted by atomic mass is 9.65. The van der Waals surface area contributed by atoms with Gasteiger partial charge in [-0.2, -0.15) is 0 Å². The van der Waals surface area contributed by atoms with Crippen LogP contribution in [0.1, 0.15) is 43.0 Å². The number of hydrogen-bond donors (Lipinski definition) is 1. The van der Waals surface area contributed by atoms with Crippen LogP contribution in [-0.4, -0.2) is 43.0 Å². The van der Waals surface area contributed by atoms with Crippen LogP contribution >= 0.6 is 0 Å². The number of Topliss-reactive ketones (excluding diaryl/α,β-unsaturated/α-hetero) is 1. The van der Waals surface area contributed by atoms with Gasteiger partial charge in [0.1, 0.15) is 11.5 Å². The number of nitrogens with one attached hydrogen (secondary N) is 1. The first kappa shape index (κ1) is 21.5. The van der Waals surface area contributed by atoms with E-state index in [1.165, 1.54) is 22.2 Å². The lowest BCUT2D eigenvalue weighted by molar-refractivity contribution is -0.121. The zero-order chi connectivity index (χ0) is 23.4. The summed E-state index contributed by atoms with van der Waals surface area (Å²) in [6.07, 6.45) is 5.64. The highest BCUT2D eigenvalue weighted by molar-refractivity contribution is 6.00. The molecule has 176 valence electrons. The Morgan fingerprint density at radius 2 is 1.82 bits per heavy atom. The molecule has 5 nitrogen and oxygen atoms in total. The third-order valence-electron chi connectivity index (χ3n) is 8.47. The standard InChI is InChI=1S/C29H32N2O3/c1-29-16-20-14-27(32)19(10-18-11-22(33-2)15-23(12-18)34-3)13-21(20)17-31(29)9-8-25-24-6-4-5-7-26(24)30-28(25)29/h4-7,10-12,15,20-21,30H,8-9,13-14,16-17H2,1-3H3/b19-10+/t20?,21?,29-/m0/s1. The second-order valence-electron chi connectivity index (χ2n) is 10.4. The second kappa shape index (κ2) is 8.02. The van der Waals surface area contributed by atoms with E-state index in [0.29, 0.717) is 18.3 Å². The van der Waals surface area contributed by atoms with Crippen molar-refractivity contribution in [1.82, 2.24) is 9.88 Å². The molecule has 0 radical (unpaired) electrons. The summed E-state index contributed by atoms with van der Waals surface area (Å²) in [5, 5.41) is 1.36. The molecule has 3 heterocycles. The Hall–Kier alpha value is -3.05. The second-order valence-corrected chi connectivity index (χ2v) is 10.4. The number of ketones is 1. The van der Waals surface area contributed by atoms with E-state index in [1.54, 1.807) is 14.2 Å². The smallest absolute Gasteiger partial charge is 0.159 e. The van der Waals surface area contributed by atoms with Gasteiger partial charge in [-0.3, -0.25) is 9.69 Å². The number of carbonyl (C=O) groups excluding carboxylic acids is 1. The van der Waals surface area contributed by atoms with Gasteiger partial charge in [-0.05, 0) is 79.0 Å². The normalized spacial score (nSPS) is 27.9. The molecular weight excluding hydrogens is 424 g/mol. The monoisotopic (exact) mass is 456 g/mol. The Balaban J connectivity index is 1.29. The number of hydrogen-bond acceptors (Lipinski definition) is 4. The number of aromatic amines is 1. The van der Waals surface area contributed by atoms with Crippen LogP contribution in [-0.2, 0) is 16.8 Å². The molecule has 3 aliphatic rings. The number of ether oxygens (including phenoxy) is 2. The highest BCUT2D eigenvalue weighted by atomic mass is 16.5. The van der Waals surface area contributed by atoms with Crippen molar-refractivity contribution in [3.63, 3.8) is 0 Å². The van der Waals surface area contributed by atoms with E-state index in [1.807, 2.05) is 24.3 Å². The van der Waals surface area contributed by atoms with E-state index in [4.69, 9.17) is 9.47 Å². The largest absolute Gasteiger partial charge is 0.497 e. The van der Waals surface area contributed by atoms with Gasteiger partial charge in [0.2, 0.25) is 0 Å². The number of carbonyl (C=O) groups is 1. The molecule has 1 saturated carbocycles. The molecule has 1 N–H and O–H groups in total. The van der Waals surface area contributed by atoms with Crippen LogP contribution in [0.15, 0.2) is 48.0 Å². The van der Waals surface area contributed by atoms with E-state index in [0.717, 1.165) is 55.0 Å². The van der Waals surface area contributed by atoms with Crippen LogP contribution < -0.4 is 9.47 Å². The van der Waals surface area contributed by atoms with Crippen LogP contribution in [0.4, 0.5) is 0 Å². The van der Waals surface area contributed by atoms with Gasteiger partial charge >= 0.3 is 0 Å². The van der Waals surface area contributed by atoms with Crippen LogP contribution in [0, 0.1) is 11.8 Å². The summed E-state index contributed by atoms with van der Waals surface area (Å²) in [4.78, 5) is 19.7. The molecule has 2 aliphatic heterocycles. The third kappa shape index (κ3) is 3.37. The summed E-state index contributed by atoms with van der Waals surface area (Å²) >= 11 is 0. The topological polar surface area (TPSA) is 54.6 Å². The number of rotatable bonds is 3. The number of fused-ring (bicyclic) bond motifs is 6. The molecule has 2 aromatic carbocycles. The van der Waals surface area contributed by atoms with Crippen molar-refractivity contribution in [2.75, 3.05) is 27.3 Å². The number of nitrogens with zero attached hydrogens (tertiary/aromatic N) is 1. The van der Waals surface area contributed by atoms with Gasteiger partial charge in [0, 0.05) is 42.2 Å². The fourth-order valence-electron chi connectivity index (χ4n) is 6.69. The average molecular weight is 457 g/mol. The molecule has 0 amide bonds. The lowest BCUT2D eigenvalue weighted by Gasteiger charge is -2.54. The van der Waals surface area contributed by atoms with E-state index in [2.05, 4.69) is 41.1 Å². The fourth-order valence-corrected chi connectivity index (χ4v) is 6.69. The average Bonchev–Trinajstić information content (AvgIpc) is 3.23. The molecule has 0 bridgehead atoms. The maximum atomic E-state index is 13.3. The Morgan fingerprint density at radius 1 is 1.06 bits per heavy atom. The van der Waals surface area contributed by atoms with Gasteiger partial charge in [0.05, 0.1) is 19.8 Å². The molecule has 1 aliphatic carbocycles. The van der Waals surface area contributed by atoms with Crippen molar-refractivity contribution in [1.29, 1.82) is 0 Å². The molecular formula is C29H32N2O3. The predicted molar refractivity (Wildman–Crippen MR) is 134 cm³/mol. The van der Waals surface area contributed by atoms with Crippen LogP contribution in [0.3, 0.4) is 0 Å². The fraction of sp³-hybridized carbons (Fsp3) is 0.414. The maximum absolute atomic E-state index is 13.3. The van der Waals surface area contributed by atoms with Crippen molar-refractivity contribution in [2.45, 2.75) is 38.1 Å². The first-order chi connectivity index (χ1) is 16.5. The van der Waals surface area contributed by atoms with Crippen LogP contribution in [0.2, 0.25) is 0 Å². The number of methoxy groups -OCH3 is 2. The minimum atomic E-state index is -0.0323. The highest BCUT2D eigenvalue weighted by Crippen LogP contribution is 2.50. The van der Waals surface area contributed by atoms with E-state index < -0.39 is 0 Å². The Morgan fingerprint density at radius 3 is 2.59 bits per heavy atom. The third-order valence-corrected chi connectivity index (χ3v) is 8.47. The first-order valence-electron chi connectivity index (χ1n) is 12.3. The zero-order valence-corrected chi connectivity index (χ0v) is 20.2. The summed E-state index contributed by atoms with van der Waals surface area (Å²) < 4.78 is 10.8. The van der Waals surface area contributed by atoms with E-state index in [-0.39, 0.29) is 11.3 Å². The predicted octanol–water partition coefficient (Wildman–Crippen LogP) is 5.34. The number of aromatic nitrogens is 1. The molecule has 5 heteroatoms. The number of benzene rings is 2. The SMILES string of the molecule is COc1cc(/C=C2\CC3CN4CCc5c([nH]c6ccccc56)[C@]4(C)CC3CC2=O)cc(OC)c1. The van der Waals surface area contributed by atoms with Crippen molar-refractivity contribution in [3.05, 3.63) is 64.9 Å². The highest BCUT2D eigenvalue weighted by Gasteiger charge is 2.49.